The first-order chi connectivity index (χ1) is 41.3. The smallest absolute Gasteiger partial charge is 0.308 e. The molecule has 4 saturated heterocycles. The van der Waals surface area contributed by atoms with E-state index in [9.17, 15) is 81.1 Å². The number of amides is 1. The molecule has 0 aromatic heterocycles. The number of hydrogen-bond donors (Lipinski definition) is 15. The van der Waals surface area contributed by atoms with Gasteiger partial charge in [0.15, 0.2) is 12.1 Å². The highest BCUT2D eigenvalue weighted by Crippen LogP contribution is 2.39. The van der Waals surface area contributed by atoms with Crippen LogP contribution in [-0.4, -0.2) is 249 Å². The minimum absolute atomic E-state index is 0.130. The SMILES string of the molecule is CC1[C@H](C)OC(=O)C[C@H](O)C[C@H](O)CC[C@@H](O)[C@H](O)C[C@H](O)C[C@]2(O)C[C@H](O)C(C(=O)N3CCN(c4ccccc4)CC3)C(C[C@@H](OC3O[C@H](C)[C@@H](O)[C@H](NC[C@@]4(O)OC[C@@H](O)[C@H](O)[C@@H]4O)[C@@H]3O)C=CC=CC=CC=CC=CC=CC=C[C@H](C)[C@H]1O)O2. The summed E-state index contributed by atoms with van der Waals surface area (Å²) in [5.74, 6) is -8.22. The van der Waals surface area contributed by atoms with E-state index in [0.717, 1.165) is 5.69 Å². The van der Waals surface area contributed by atoms with Crippen molar-refractivity contribution < 1.29 is 105 Å². The van der Waals surface area contributed by atoms with Gasteiger partial charge in [-0.05, 0) is 45.2 Å². The number of carbonyl (C=O) groups excluding carboxylic acids is 2. The highest BCUT2D eigenvalue weighted by atomic mass is 16.7. The molecule has 15 N–H and O–H groups in total. The molecule has 0 spiro atoms. The number of piperazine rings is 1. The van der Waals surface area contributed by atoms with Gasteiger partial charge in [0.2, 0.25) is 11.7 Å². The van der Waals surface area contributed by atoms with E-state index in [1.807, 2.05) is 43.3 Å². The van der Waals surface area contributed by atoms with E-state index in [0.29, 0.717) is 13.1 Å². The number of allylic oxidation sites excluding steroid dienone is 12. The van der Waals surface area contributed by atoms with Crippen molar-refractivity contribution in [2.75, 3.05) is 44.2 Å². The number of esters is 1. The van der Waals surface area contributed by atoms with Crippen LogP contribution in [-0.2, 0) is 33.3 Å². The van der Waals surface area contributed by atoms with Crippen molar-refractivity contribution >= 4 is 17.6 Å². The van der Waals surface area contributed by atoms with Crippen molar-refractivity contribution in [2.24, 2.45) is 17.8 Å². The van der Waals surface area contributed by atoms with Crippen LogP contribution in [0.5, 0.6) is 0 Å². The molecule has 1 aromatic rings. The van der Waals surface area contributed by atoms with Crippen molar-refractivity contribution in [1.82, 2.24) is 10.2 Å². The summed E-state index contributed by atoms with van der Waals surface area (Å²) in [6.07, 6.45) is -2.91. The number of nitrogens with zero attached hydrogens (tertiary/aromatic N) is 2. The maximum Gasteiger partial charge on any atom is 0.308 e. The number of para-hydroxylation sites is 1. The van der Waals surface area contributed by atoms with Gasteiger partial charge in [-0.3, -0.25) is 9.59 Å². The number of ether oxygens (including phenoxy) is 5. The Balaban J connectivity index is 1.28. The van der Waals surface area contributed by atoms with Crippen molar-refractivity contribution in [2.45, 2.75) is 201 Å². The van der Waals surface area contributed by atoms with Gasteiger partial charge in [0.05, 0.1) is 98.7 Å². The van der Waals surface area contributed by atoms with E-state index < -0.39 is 184 Å². The molecule has 5 aliphatic heterocycles. The van der Waals surface area contributed by atoms with Gasteiger partial charge in [-0.15, -0.1) is 0 Å². The fourth-order valence-corrected chi connectivity index (χ4v) is 11.5. The Morgan fingerprint density at radius 3 is 1.87 bits per heavy atom. The maximum absolute atomic E-state index is 14.8. The van der Waals surface area contributed by atoms with Crippen molar-refractivity contribution in [3.05, 3.63) is 115 Å². The van der Waals surface area contributed by atoms with Crippen LogP contribution in [0.2, 0.25) is 0 Å². The molecule has 24 nitrogen and oxygen atoms in total. The number of carbonyl (C=O) groups is 2. The molecule has 5 heterocycles. The van der Waals surface area contributed by atoms with Crippen molar-refractivity contribution in [3.8, 4) is 0 Å². The van der Waals surface area contributed by atoms with Gasteiger partial charge in [-0.1, -0.05) is 117 Å². The first-order valence-corrected chi connectivity index (χ1v) is 30.2. The van der Waals surface area contributed by atoms with Gasteiger partial charge in [0, 0.05) is 69.4 Å². The molecule has 87 heavy (non-hydrogen) atoms. The summed E-state index contributed by atoms with van der Waals surface area (Å²) in [5, 5.41) is 158. The van der Waals surface area contributed by atoms with Crippen LogP contribution in [0.25, 0.3) is 0 Å². The van der Waals surface area contributed by atoms with Gasteiger partial charge in [0.1, 0.15) is 30.5 Å². The van der Waals surface area contributed by atoms with Crippen LogP contribution in [0.1, 0.15) is 79.1 Å². The number of aliphatic hydroxyl groups is 14. The van der Waals surface area contributed by atoms with Crippen molar-refractivity contribution in [1.29, 1.82) is 0 Å². The lowest BCUT2D eigenvalue weighted by Crippen LogP contribution is -2.69. The standard InChI is InChI=1S/C63H95N3O21/c1-38-20-16-13-11-9-7-5-6-8-10-12-14-19-23-46(86-61-58(78)54(56(76)41(4)85-61)64-37-63(82)59(79)57(77)50(73)36-83-63)33-51-53(60(80)66-28-26-65(27-29-66)42-21-17-15-18-22-42)49(72)35-62(81,87-51)34-45(69)31-48(71)47(70)25-24-43(67)30-44(68)32-52(74)84-40(3)39(2)55(38)75/h5-23,38-41,43-51,53-59,61,64,67-73,75-79,81-82H,24-37H2,1-4H3/t38-,39?,40-,41+,43+,44+,45-,46-,47+,48+,49-,50+,51?,53?,54-,55+,56+,57-,58-,59-,61?,62+,63+/m0/s1. The first-order valence-electron chi connectivity index (χ1n) is 30.2. The fourth-order valence-electron chi connectivity index (χ4n) is 11.5. The molecule has 4 unspecified atom stereocenters. The fraction of sp³-hybridized carbons (Fsp3) is 0.651. The van der Waals surface area contributed by atoms with Gasteiger partial charge >= 0.3 is 5.97 Å². The number of rotatable bonds is 7. The van der Waals surface area contributed by atoms with Gasteiger partial charge in [0.25, 0.3) is 0 Å². The van der Waals surface area contributed by atoms with E-state index >= 15 is 0 Å². The third-order valence-corrected chi connectivity index (χ3v) is 17.0. The summed E-state index contributed by atoms with van der Waals surface area (Å²) in [4.78, 5) is 31.3. The first kappa shape index (κ1) is 71.5. The molecule has 23 atom stereocenters. The maximum atomic E-state index is 14.8. The van der Waals surface area contributed by atoms with Crippen LogP contribution in [0.4, 0.5) is 5.69 Å². The molecule has 0 radical (unpaired) electrons. The Morgan fingerprint density at radius 1 is 0.632 bits per heavy atom. The van der Waals surface area contributed by atoms with E-state index in [2.05, 4.69) is 10.2 Å². The summed E-state index contributed by atoms with van der Waals surface area (Å²) >= 11 is 0. The molecule has 2 bridgehead atoms. The van der Waals surface area contributed by atoms with Crippen LogP contribution < -0.4 is 10.2 Å². The van der Waals surface area contributed by atoms with E-state index in [4.69, 9.17) is 23.7 Å². The van der Waals surface area contributed by atoms with Crippen LogP contribution >= 0.6 is 0 Å². The summed E-state index contributed by atoms with van der Waals surface area (Å²) in [5.41, 5.74) is 0.958. The molecule has 4 fully saturated rings. The molecule has 488 valence electrons. The number of anilines is 1. The molecule has 1 amide bonds. The predicted octanol–water partition coefficient (Wildman–Crippen LogP) is -0.592. The van der Waals surface area contributed by atoms with E-state index in [-0.39, 0.29) is 44.7 Å². The Labute approximate surface area is 508 Å². The largest absolute Gasteiger partial charge is 0.462 e. The summed E-state index contributed by atoms with van der Waals surface area (Å²) < 4.78 is 29.8. The minimum Gasteiger partial charge on any atom is -0.462 e. The Morgan fingerprint density at radius 2 is 1.24 bits per heavy atom. The number of benzene rings is 1. The van der Waals surface area contributed by atoms with Crippen molar-refractivity contribution in [3.63, 3.8) is 0 Å². The monoisotopic (exact) mass is 1230 g/mol. The quantitative estimate of drug-likeness (QED) is 0.152. The number of hydrogen-bond acceptors (Lipinski definition) is 23. The topological polar surface area (TPSA) is 382 Å². The van der Waals surface area contributed by atoms with Crippen LogP contribution in [0.15, 0.2) is 115 Å². The number of cyclic esters (lactones) is 1. The average molecular weight is 1230 g/mol. The van der Waals surface area contributed by atoms with E-state index in [1.165, 1.54) is 6.92 Å². The van der Waals surface area contributed by atoms with Gasteiger partial charge in [-0.2, -0.15) is 0 Å². The molecule has 0 saturated carbocycles. The zero-order valence-electron chi connectivity index (χ0n) is 50.0. The average Bonchev–Trinajstić information content (AvgIpc) is 1.15. The zero-order chi connectivity index (χ0) is 63.6. The van der Waals surface area contributed by atoms with Gasteiger partial charge in [-0.25, -0.2) is 0 Å². The molecule has 1 aromatic carbocycles. The molecule has 5 aliphatic rings. The van der Waals surface area contributed by atoms with E-state index in [1.54, 1.807) is 97.7 Å². The second kappa shape index (κ2) is 34.0. The normalized spacial score (nSPS) is 40.9. The molecular weight excluding hydrogens is 1130 g/mol. The number of aliphatic hydroxyl groups excluding tert-OH is 12. The third kappa shape index (κ3) is 21.0. The lowest BCUT2D eigenvalue weighted by molar-refractivity contribution is -0.323. The molecule has 24 heteroatoms. The minimum atomic E-state index is -2.47. The third-order valence-electron chi connectivity index (χ3n) is 17.0. The number of nitrogens with one attached hydrogen (secondary N) is 1. The molecular formula is C63H95N3O21. The lowest BCUT2D eigenvalue weighted by Gasteiger charge is -2.48. The highest BCUT2D eigenvalue weighted by Gasteiger charge is 2.53. The summed E-state index contributed by atoms with van der Waals surface area (Å²) in [6.45, 7) is 6.92. The number of fused-ring (bicyclic) bond motifs is 2. The summed E-state index contributed by atoms with van der Waals surface area (Å²) in [6, 6.07) is 8.28. The molecule has 6 rings (SSSR count). The Kier molecular flexibility index (Phi) is 27.9. The van der Waals surface area contributed by atoms with Crippen LogP contribution in [0.3, 0.4) is 0 Å². The Hall–Kier alpha value is -4.62. The summed E-state index contributed by atoms with van der Waals surface area (Å²) in [7, 11) is 0. The predicted molar refractivity (Wildman–Crippen MR) is 317 cm³/mol. The van der Waals surface area contributed by atoms with Crippen LogP contribution in [0, 0.1) is 17.8 Å². The van der Waals surface area contributed by atoms with Gasteiger partial charge < -0.3 is 110 Å². The lowest BCUT2D eigenvalue weighted by atomic mass is 9.81. The second-order valence-corrected chi connectivity index (χ2v) is 23.9. The Bertz CT molecular complexity index is 2480. The highest BCUT2D eigenvalue weighted by molar-refractivity contribution is 5.80. The zero-order valence-corrected chi connectivity index (χ0v) is 50.0. The molecule has 0 aliphatic carbocycles. The second-order valence-electron chi connectivity index (χ2n) is 23.9.